The highest BCUT2D eigenvalue weighted by atomic mass is 35.5. The SMILES string of the molecule is CCCCCNC(=O)CSc1n[nH]c(-c2ccc(Cl)cc2)n1. The molecule has 22 heavy (non-hydrogen) atoms. The van der Waals surface area contributed by atoms with Gasteiger partial charge in [0.15, 0.2) is 5.82 Å². The number of halogens is 1. The lowest BCUT2D eigenvalue weighted by molar-refractivity contribution is -0.118. The molecule has 0 unspecified atom stereocenters. The number of aromatic nitrogens is 3. The number of aromatic amines is 1. The first-order valence-electron chi connectivity index (χ1n) is 7.27. The maximum atomic E-state index is 11.7. The van der Waals surface area contributed by atoms with E-state index in [9.17, 15) is 4.79 Å². The molecule has 2 N–H and O–H groups in total. The number of benzene rings is 1. The average Bonchev–Trinajstić information content (AvgIpc) is 2.99. The molecule has 7 heteroatoms. The molecule has 0 aliphatic heterocycles. The number of hydrogen-bond acceptors (Lipinski definition) is 4. The van der Waals surface area contributed by atoms with Crippen molar-refractivity contribution in [2.45, 2.75) is 31.3 Å². The predicted octanol–water partition coefficient (Wildman–Crippen LogP) is 3.52. The number of H-pyrrole nitrogens is 1. The number of rotatable bonds is 8. The standard InChI is InChI=1S/C15H19ClN4OS/c1-2-3-4-9-17-13(21)10-22-15-18-14(19-20-15)11-5-7-12(16)8-6-11/h5-8H,2-4,9-10H2,1H3,(H,17,21)(H,18,19,20). The van der Waals surface area contributed by atoms with Gasteiger partial charge in [-0.3, -0.25) is 9.89 Å². The smallest absolute Gasteiger partial charge is 0.230 e. The van der Waals surface area contributed by atoms with E-state index in [0.717, 1.165) is 31.4 Å². The van der Waals surface area contributed by atoms with Crippen molar-refractivity contribution in [3.63, 3.8) is 0 Å². The number of carbonyl (C=O) groups excluding carboxylic acids is 1. The monoisotopic (exact) mass is 338 g/mol. The van der Waals surface area contributed by atoms with Crippen molar-refractivity contribution in [2.75, 3.05) is 12.3 Å². The number of hydrogen-bond donors (Lipinski definition) is 2. The molecule has 1 amide bonds. The minimum atomic E-state index is 0.0129. The topological polar surface area (TPSA) is 70.7 Å². The summed E-state index contributed by atoms with van der Waals surface area (Å²) < 4.78 is 0. The van der Waals surface area contributed by atoms with Crippen LogP contribution in [0.3, 0.4) is 0 Å². The Morgan fingerprint density at radius 3 is 2.82 bits per heavy atom. The third-order valence-corrected chi connectivity index (χ3v) is 4.12. The van der Waals surface area contributed by atoms with E-state index in [2.05, 4.69) is 27.4 Å². The first-order chi connectivity index (χ1) is 10.7. The Balaban J connectivity index is 1.79. The quantitative estimate of drug-likeness (QED) is 0.570. The van der Waals surface area contributed by atoms with Crippen molar-refractivity contribution in [1.29, 1.82) is 0 Å². The van der Waals surface area contributed by atoms with Crippen molar-refractivity contribution in [3.05, 3.63) is 29.3 Å². The Labute approximate surface area is 139 Å². The summed E-state index contributed by atoms with van der Waals surface area (Å²) in [6, 6.07) is 7.35. The van der Waals surface area contributed by atoms with Gasteiger partial charge in [-0.2, -0.15) is 0 Å². The third kappa shape index (κ3) is 5.35. The van der Waals surface area contributed by atoms with Crippen LogP contribution >= 0.6 is 23.4 Å². The summed E-state index contributed by atoms with van der Waals surface area (Å²) in [5.74, 6) is 1.01. The van der Waals surface area contributed by atoms with E-state index in [1.807, 2.05) is 12.1 Å². The van der Waals surface area contributed by atoms with E-state index in [1.54, 1.807) is 12.1 Å². The van der Waals surface area contributed by atoms with E-state index in [4.69, 9.17) is 11.6 Å². The van der Waals surface area contributed by atoms with Crippen LogP contribution in [0.1, 0.15) is 26.2 Å². The average molecular weight is 339 g/mol. The molecule has 1 heterocycles. The summed E-state index contributed by atoms with van der Waals surface area (Å²) in [6.07, 6.45) is 3.31. The summed E-state index contributed by atoms with van der Waals surface area (Å²) in [4.78, 5) is 16.0. The first-order valence-corrected chi connectivity index (χ1v) is 8.63. The van der Waals surface area contributed by atoms with Crippen molar-refractivity contribution in [1.82, 2.24) is 20.5 Å². The number of carbonyl (C=O) groups is 1. The first kappa shape index (κ1) is 16.8. The number of nitrogens with zero attached hydrogens (tertiary/aromatic N) is 2. The van der Waals surface area contributed by atoms with Crippen molar-refractivity contribution < 1.29 is 4.79 Å². The van der Waals surface area contributed by atoms with Gasteiger partial charge >= 0.3 is 0 Å². The van der Waals surface area contributed by atoms with Crippen LogP contribution in [0, 0.1) is 0 Å². The lowest BCUT2D eigenvalue weighted by Crippen LogP contribution is -2.26. The molecule has 0 fully saturated rings. The zero-order valence-electron chi connectivity index (χ0n) is 12.4. The molecule has 0 aliphatic carbocycles. The van der Waals surface area contributed by atoms with Crippen LogP contribution < -0.4 is 5.32 Å². The zero-order chi connectivity index (χ0) is 15.8. The van der Waals surface area contributed by atoms with E-state index >= 15 is 0 Å². The summed E-state index contributed by atoms with van der Waals surface area (Å²) in [5, 5.41) is 11.1. The van der Waals surface area contributed by atoms with Crippen LogP contribution in [0.15, 0.2) is 29.4 Å². The van der Waals surface area contributed by atoms with Crippen molar-refractivity contribution >= 4 is 29.3 Å². The van der Waals surface area contributed by atoms with Crippen LogP contribution in [0.2, 0.25) is 5.02 Å². The molecule has 0 bridgehead atoms. The Morgan fingerprint density at radius 1 is 1.32 bits per heavy atom. The third-order valence-electron chi connectivity index (χ3n) is 3.02. The molecule has 0 spiro atoms. The van der Waals surface area contributed by atoms with Crippen LogP contribution in [-0.2, 0) is 4.79 Å². The number of amides is 1. The van der Waals surface area contributed by atoms with Gasteiger partial charge in [0, 0.05) is 17.1 Å². The molecule has 118 valence electrons. The van der Waals surface area contributed by atoms with Crippen molar-refractivity contribution in [3.8, 4) is 11.4 Å². The predicted molar refractivity (Wildman–Crippen MR) is 90.1 cm³/mol. The zero-order valence-corrected chi connectivity index (χ0v) is 14.0. The molecule has 0 saturated carbocycles. The van der Waals surface area contributed by atoms with Gasteiger partial charge in [-0.25, -0.2) is 4.98 Å². The van der Waals surface area contributed by atoms with Crippen LogP contribution in [-0.4, -0.2) is 33.4 Å². The molecule has 1 aromatic heterocycles. The molecule has 0 saturated heterocycles. The fraction of sp³-hybridized carbons (Fsp3) is 0.400. The Bertz CT molecular complexity index is 600. The van der Waals surface area contributed by atoms with Gasteiger partial charge in [-0.15, -0.1) is 5.10 Å². The van der Waals surface area contributed by atoms with E-state index < -0.39 is 0 Å². The molecule has 0 atom stereocenters. The van der Waals surface area contributed by atoms with Crippen molar-refractivity contribution in [2.24, 2.45) is 0 Å². The van der Waals surface area contributed by atoms with Gasteiger partial charge in [-0.1, -0.05) is 43.1 Å². The Hall–Kier alpha value is -1.53. The maximum absolute atomic E-state index is 11.7. The second-order valence-corrected chi connectivity index (χ2v) is 6.20. The lowest BCUT2D eigenvalue weighted by Gasteiger charge is -2.02. The molecular weight excluding hydrogens is 320 g/mol. The maximum Gasteiger partial charge on any atom is 0.230 e. The van der Waals surface area contributed by atoms with E-state index in [-0.39, 0.29) is 5.91 Å². The van der Waals surface area contributed by atoms with E-state index in [0.29, 0.717) is 21.8 Å². The molecular formula is C15H19ClN4OS. The van der Waals surface area contributed by atoms with Crippen LogP contribution in [0.4, 0.5) is 0 Å². The number of thioether (sulfide) groups is 1. The minimum Gasteiger partial charge on any atom is -0.355 e. The second-order valence-electron chi connectivity index (χ2n) is 4.82. The van der Waals surface area contributed by atoms with Gasteiger partial charge in [0.25, 0.3) is 0 Å². The largest absolute Gasteiger partial charge is 0.355 e. The Morgan fingerprint density at radius 2 is 2.09 bits per heavy atom. The molecule has 5 nitrogen and oxygen atoms in total. The summed E-state index contributed by atoms with van der Waals surface area (Å²) in [7, 11) is 0. The minimum absolute atomic E-state index is 0.0129. The highest BCUT2D eigenvalue weighted by Gasteiger charge is 2.08. The molecule has 2 aromatic rings. The summed E-state index contributed by atoms with van der Waals surface area (Å²) >= 11 is 7.17. The highest BCUT2D eigenvalue weighted by molar-refractivity contribution is 7.99. The Kier molecular flexibility index (Phi) is 6.74. The lowest BCUT2D eigenvalue weighted by atomic mass is 10.2. The summed E-state index contributed by atoms with van der Waals surface area (Å²) in [5.41, 5.74) is 0.910. The highest BCUT2D eigenvalue weighted by Crippen LogP contribution is 2.20. The fourth-order valence-corrected chi connectivity index (χ4v) is 2.59. The van der Waals surface area contributed by atoms with Gasteiger partial charge in [0.05, 0.1) is 5.75 Å². The van der Waals surface area contributed by atoms with Crippen LogP contribution in [0.5, 0.6) is 0 Å². The normalized spacial score (nSPS) is 10.6. The summed E-state index contributed by atoms with van der Waals surface area (Å²) in [6.45, 7) is 2.87. The molecule has 0 aliphatic rings. The van der Waals surface area contributed by atoms with Gasteiger partial charge in [0.1, 0.15) is 0 Å². The molecule has 0 radical (unpaired) electrons. The fourth-order valence-electron chi connectivity index (χ4n) is 1.83. The van der Waals surface area contributed by atoms with Crippen LogP contribution in [0.25, 0.3) is 11.4 Å². The van der Waals surface area contributed by atoms with E-state index in [1.165, 1.54) is 11.8 Å². The van der Waals surface area contributed by atoms with Gasteiger partial charge in [-0.05, 0) is 30.7 Å². The van der Waals surface area contributed by atoms with Gasteiger partial charge in [0.2, 0.25) is 11.1 Å². The number of unbranched alkanes of at least 4 members (excludes halogenated alkanes) is 2. The van der Waals surface area contributed by atoms with Gasteiger partial charge < -0.3 is 5.32 Å². The second kappa shape index (κ2) is 8.80. The molecule has 2 rings (SSSR count). The number of nitrogens with one attached hydrogen (secondary N) is 2. The molecule has 1 aromatic carbocycles.